The summed E-state index contributed by atoms with van der Waals surface area (Å²) >= 11 is 0. The standard InChI is InChI=1S/C16H29N2P/c1-13(2)18(14(3)4)12-11-17-15-9-7-8-10-16(15)19(5)6/h7-10,13-14,17H,11-12H2,1-6H3. The van der Waals surface area contributed by atoms with E-state index in [1.54, 1.807) is 0 Å². The van der Waals surface area contributed by atoms with Gasteiger partial charge in [0.05, 0.1) is 0 Å². The van der Waals surface area contributed by atoms with Crippen molar-refractivity contribution in [2.75, 3.05) is 31.7 Å². The number of hydrogen-bond donors (Lipinski definition) is 1. The van der Waals surface area contributed by atoms with E-state index in [2.05, 4.69) is 75.5 Å². The van der Waals surface area contributed by atoms with Crippen molar-refractivity contribution in [3.05, 3.63) is 24.3 Å². The lowest BCUT2D eigenvalue weighted by Gasteiger charge is -2.30. The van der Waals surface area contributed by atoms with Crippen molar-refractivity contribution in [1.29, 1.82) is 0 Å². The maximum Gasteiger partial charge on any atom is 0.0418 e. The minimum absolute atomic E-state index is 0.0493. The van der Waals surface area contributed by atoms with E-state index in [9.17, 15) is 0 Å². The van der Waals surface area contributed by atoms with E-state index in [1.807, 2.05) is 0 Å². The highest BCUT2D eigenvalue weighted by atomic mass is 31.1. The van der Waals surface area contributed by atoms with Crippen LogP contribution in [0.25, 0.3) is 0 Å². The fourth-order valence-corrected chi connectivity index (χ4v) is 3.47. The number of rotatable bonds is 7. The summed E-state index contributed by atoms with van der Waals surface area (Å²) in [5.41, 5.74) is 1.31. The highest BCUT2D eigenvalue weighted by Crippen LogP contribution is 2.27. The van der Waals surface area contributed by atoms with Crippen molar-refractivity contribution in [3.63, 3.8) is 0 Å². The second-order valence-corrected chi connectivity index (χ2v) is 8.03. The van der Waals surface area contributed by atoms with Gasteiger partial charge < -0.3 is 5.32 Å². The second-order valence-electron chi connectivity index (χ2n) is 5.76. The van der Waals surface area contributed by atoms with Crippen LogP contribution >= 0.6 is 7.92 Å². The van der Waals surface area contributed by atoms with Gasteiger partial charge >= 0.3 is 0 Å². The number of nitrogens with one attached hydrogen (secondary N) is 1. The molecule has 2 nitrogen and oxygen atoms in total. The van der Waals surface area contributed by atoms with Crippen molar-refractivity contribution in [2.45, 2.75) is 39.8 Å². The lowest BCUT2D eigenvalue weighted by molar-refractivity contribution is 0.182. The molecule has 0 fully saturated rings. The second kappa shape index (κ2) is 7.87. The van der Waals surface area contributed by atoms with Crippen molar-refractivity contribution in [2.24, 2.45) is 0 Å². The Kier molecular flexibility index (Phi) is 6.82. The van der Waals surface area contributed by atoms with E-state index in [-0.39, 0.29) is 7.92 Å². The number of hydrogen-bond acceptors (Lipinski definition) is 2. The Bertz CT molecular complexity index is 367. The van der Waals surface area contributed by atoms with Crippen LogP contribution in [0.5, 0.6) is 0 Å². The quantitative estimate of drug-likeness (QED) is 0.768. The predicted octanol–water partition coefficient (Wildman–Crippen LogP) is 3.58. The first-order valence-corrected chi connectivity index (χ1v) is 9.43. The first kappa shape index (κ1) is 16.5. The highest BCUT2D eigenvalue weighted by Gasteiger charge is 2.12. The molecule has 1 aromatic carbocycles. The molecule has 0 radical (unpaired) electrons. The van der Waals surface area contributed by atoms with E-state index >= 15 is 0 Å². The largest absolute Gasteiger partial charge is 0.383 e. The van der Waals surface area contributed by atoms with Gasteiger partial charge in [-0.15, -0.1) is 0 Å². The maximum absolute atomic E-state index is 3.61. The third-order valence-electron chi connectivity index (χ3n) is 3.40. The summed E-state index contributed by atoms with van der Waals surface area (Å²) in [5.74, 6) is 0. The zero-order valence-electron chi connectivity index (χ0n) is 13.3. The Hall–Kier alpha value is -0.590. The average molecular weight is 280 g/mol. The zero-order valence-corrected chi connectivity index (χ0v) is 14.2. The van der Waals surface area contributed by atoms with Gasteiger partial charge in [0.25, 0.3) is 0 Å². The molecule has 0 amide bonds. The van der Waals surface area contributed by atoms with Crippen LogP contribution in [0.3, 0.4) is 0 Å². The molecule has 0 aromatic heterocycles. The van der Waals surface area contributed by atoms with Gasteiger partial charge in [-0.05, 0) is 52.4 Å². The summed E-state index contributed by atoms with van der Waals surface area (Å²) in [5, 5.41) is 5.08. The summed E-state index contributed by atoms with van der Waals surface area (Å²) in [6.45, 7) is 15.8. The van der Waals surface area contributed by atoms with Crippen LogP contribution in [0.2, 0.25) is 0 Å². The van der Waals surface area contributed by atoms with Crippen LogP contribution in [0.1, 0.15) is 27.7 Å². The monoisotopic (exact) mass is 280 g/mol. The van der Waals surface area contributed by atoms with Crippen LogP contribution in [0.4, 0.5) is 5.69 Å². The molecule has 19 heavy (non-hydrogen) atoms. The molecule has 0 aliphatic carbocycles. The molecule has 1 N–H and O–H groups in total. The first-order chi connectivity index (χ1) is 8.93. The first-order valence-electron chi connectivity index (χ1n) is 7.19. The number of nitrogens with zero attached hydrogens (tertiary/aromatic N) is 1. The van der Waals surface area contributed by atoms with Crippen LogP contribution < -0.4 is 10.6 Å². The predicted molar refractivity (Wildman–Crippen MR) is 90.3 cm³/mol. The molecular weight excluding hydrogens is 251 g/mol. The molecule has 3 heteroatoms. The summed E-state index contributed by atoms with van der Waals surface area (Å²) < 4.78 is 0. The van der Waals surface area contributed by atoms with Crippen LogP contribution in [-0.2, 0) is 0 Å². The van der Waals surface area contributed by atoms with E-state index in [4.69, 9.17) is 0 Å². The molecule has 108 valence electrons. The Morgan fingerprint density at radius 3 is 2.16 bits per heavy atom. The zero-order chi connectivity index (χ0) is 14.4. The van der Waals surface area contributed by atoms with Gasteiger partial charge in [0.1, 0.15) is 0 Å². The summed E-state index contributed by atoms with van der Waals surface area (Å²) in [6.07, 6.45) is 0. The van der Waals surface area contributed by atoms with Crippen LogP contribution in [0, 0.1) is 0 Å². The van der Waals surface area contributed by atoms with Gasteiger partial charge in [-0.3, -0.25) is 4.90 Å². The molecule has 0 spiro atoms. The number of benzene rings is 1. The van der Waals surface area contributed by atoms with Gasteiger partial charge in [-0.2, -0.15) is 0 Å². The molecular formula is C16H29N2P. The number of para-hydroxylation sites is 1. The van der Waals surface area contributed by atoms with Crippen molar-refractivity contribution >= 4 is 18.9 Å². The SMILES string of the molecule is CC(C)N(CCNc1ccccc1P(C)C)C(C)C. The summed E-state index contributed by atoms with van der Waals surface area (Å²) in [6, 6.07) is 9.91. The molecule has 0 saturated carbocycles. The van der Waals surface area contributed by atoms with Gasteiger partial charge in [0.2, 0.25) is 0 Å². The van der Waals surface area contributed by atoms with Gasteiger partial charge in [0.15, 0.2) is 0 Å². The van der Waals surface area contributed by atoms with E-state index in [0.717, 1.165) is 13.1 Å². The highest BCUT2D eigenvalue weighted by molar-refractivity contribution is 7.64. The lowest BCUT2D eigenvalue weighted by atomic mass is 10.2. The van der Waals surface area contributed by atoms with E-state index in [0.29, 0.717) is 12.1 Å². The molecule has 0 aliphatic heterocycles. The fraction of sp³-hybridized carbons (Fsp3) is 0.625. The Morgan fingerprint density at radius 2 is 1.63 bits per heavy atom. The van der Waals surface area contributed by atoms with Crippen LogP contribution in [-0.4, -0.2) is 43.4 Å². The lowest BCUT2D eigenvalue weighted by Crippen LogP contribution is -2.40. The Labute approximate surface area is 120 Å². The molecule has 0 saturated heterocycles. The summed E-state index contributed by atoms with van der Waals surface area (Å²) in [7, 11) is -0.0493. The molecule has 0 aliphatic rings. The van der Waals surface area contributed by atoms with E-state index in [1.165, 1.54) is 11.0 Å². The van der Waals surface area contributed by atoms with Crippen molar-refractivity contribution in [1.82, 2.24) is 4.90 Å². The Morgan fingerprint density at radius 1 is 1.05 bits per heavy atom. The molecule has 1 aromatic rings. The third kappa shape index (κ3) is 5.12. The number of anilines is 1. The van der Waals surface area contributed by atoms with Crippen LogP contribution in [0.15, 0.2) is 24.3 Å². The fourth-order valence-electron chi connectivity index (χ4n) is 2.45. The topological polar surface area (TPSA) is 15.3 Å². The third-order valence-corrected chi connectivity index (χ3v) is 4.75. The molecule has 0 heterocycles. The molecule has 1 rings (SSSR count). The maximum atomic E-state index is 3.61. The summed E-state index contributed by atoms with van der Waals surface area (Å²) in [4.78, 5) is 2.52. The molecule has 0 bridgehead atoms. The smallest absolute Gasteiger partial charge is 0.0418 e. The van der Waals surface area contributed by atoms with Gasteiger partial charge in [-0.25, -0.2) is 0 Å². The van der Waals surface area contributed by atoms with Gasteiger partial charge in [-0.1, -0.05) is 26.1 Å². The molecule has 0 unspecified atom stereocenters. The van der Waals surface area contributed by atoms with Crippen molar-refractivity contribution < 1.29 is 0 Å². The van der Waals surface area contributed by atoms with Gasteiger partial charge in [0, 0.05) is 30.9 Å². The Balaban J connectivity index is 2.58. The minimum atomic E-state index is -0.0493. The van der Waals surface area contributed by atoms with Crippen molar-refractivity contribution in [3.8, 4) is 0 Å². The average Bonchev–Trinajstić information content (AvgIpc) is 2.33. The minimum Gasteiger partial charge on any atom is -0.383 e. The van der Waals surface area contributed by atoms with E-state index < -0.39 is 0 Å². The normalized spacial score (nSPS) is 11.9. The molecule has 0 atom stereocenters.